The van der Waals surface area contributed by atoms with E-state index in [1.54, 1.807) is 33.2 Å². The number of fused-ring (bicyclic) bond motifs is 1. The number of likely N-dealkylation sites (N-methyl/N-ethyl adjacent to an activating group) is 1. The number of aromatic amines is 1. The minimum absolute atomic E-state index is 0.118. The van der Waals surface area contributed by atoms with Gasteiger partial charge in [0.05, 0.1) is 5.52 Å². The smallest absolute Gasteiger partial charge is 0.262 e. The lowest BCUT2D eigenvalue weighted by molar-refractivity contribution is -0.135. The number of hydrogen-bond donors (Lipinski definition) is 1. The van der Waals surface area contributed by atoms with Crippen LogP contribution < -0.4 is 10.3 Å². The summed E-state index contributed by atoms with van der Waals surface area (Å²) in [6.07, 6.45) is -0.603. The SMILES string of the molecule is Cc1ccccc1-c1cc(=O)[nH]c2cc(OC(C)C(=O)N(C)C)ccc12. The molecule has 3 aromatic rings. The number of aryl methyl sites for hydroxylation is 1. The fraction of sp³-hybridized carbons (Fsp3) is 0.238. The van der Waals surface area contributed by atoms with Gasteiger partial charge in [-0.3, -0.25) is 9.59 Å². The van der Waals surface area contributed by atoms with Gasteiger partial charge in [-0.1, -0.05) is 24.3 Å². The molecule has 1 N–H and O–H groups in total. The standard InChI is InChI=1S/C21H22N2O3/c1-13-7-5-6-8-16(13)18-12-20(24)22-19-11-15(9-10-17(18)19)26-14(2)21(25)23(3)4/h5-12,14H,1-4H3,(H,22,24). The second-order valence-electron chi connectivity index (χ2n) is 6.56. The van der Waals surface area contributed by atoms with Gasteiger partial charge in [-0.2, -0.15) is 0 Å². The number of rotatable bonds is 4. The maximum atomic E-state index is 12.2. The van der Waals surface area contributed by atoms with E-state index in [9.17, 15) is 9.59 Å². The van der Waals surface area contributed by atoms with Crippen molar-refractivity contribution in [1.29, 1.82) is 0 Å². The highest BCUT2D eigenvalue weighted by Gasteiger charge is 2.17. The van der Waals surface area contributed by atoms with Crippen LogP contribution >= 0.6 is 0 Å². The molecule has 0 bridgehead atoms. The third-order valence-electron chi connectivity index (χ3n) is 4.35. The maximum absolute atomic E-state index is 12.2. The summed E-state index contributed by atoms with van der Waals surface area (Å²) in [6.45, 7) is 3.73. The Morgan fingerprint density at radius 3 is 2.50 bits per heavy atom. The van der Waals surface area contributed by atoms with Gasteiger partial charge >= 0.3 is 0 Å². The summed E-state index contributed by atoms with van der Waals surface area (Å²) in [6, 6.07) is 15.1. The molecule has 0 radical (unpaired) electrons. The number of H-pyrrole nitrogens is 1. The van der Waals surface area contributed by atoms with Crippen molar-refractivity contribution in [2.45, 2.75) is 20.0 Å². The molecule has 0 saturated carbocycles. The van der Waals surface area contributed by atoms with Crippen LogP contribution in [0.25, 0.3) is 22.0 Å². The van der Waals surface area contributed by atoms with Crippen molar-refractivity contribution >= 4 is 16.8 Å². The molecule has 134 valence electrons. The van der Waals surface area contributed by atoms with Crippen molar-refractivity contribution < 1.29 is 9.53 Å². The number of amides is 1. The largest absolute Gasteiger partial charge is 0.481 e. The Hall–Kier alpha value is -3.08. The molecule has 1 atom stereocenters. The lowest BCUT2D eigenvalue weighted by Crippen LogP contribution is -2.35. The Labute approximate surface area is 152 Å². The minimum Gasteiger partial charge on any atom is -0.481 e. The molecular weight excluding hydrogens is 328 g/mol. The van der Waals surface area contributed by atoms with Crippen LogP contribution in [0.15, 0.2) is 53.3 Å². The normalized spacial score (nSPS) is 12.0. The average Bonchev–Trinajstić information content (AvgIpc) is 2.60. The van der Waals surface area contributed by atoms with Gasteiger partial charge in [-0.15, -0.1) is 0 Å². The average molecular weight is 350 g/mol. The molecule has 0 fully saturated rings. The highest BCUT2D eigenvalue weighted by molar-refractivity contribution is 5.95. The molecule has 1 unspecified atom stereocenters. The van der Waals surface area contributed by atoms with Crippen LogP contribution in [0, 0.1) is 6.92 Å². The van der Waals surface area contributed by atoms with E-state index in [1.165, 1.54) is 4.90 Å². The molecular formula is C21H22N2O3. The third-order valence-corrected chi connectivity index (χ3v) is 4.35. The number of ether oxygens (including phenoxy) is 1. The highest BCUT2D eigenvalue weighted by Crippen LogP contribution is 2.30. The zero-order valence-electron chi connectivity index (χ0n) is 15.4. The van der Waals surface area contributed by atoms with Crippen LogP contribution in [-0.4, -0.2) is 36.0 Å². The molecule has 0 aliphatic carbocycles. The van der Waals surface area contributed by atoms with Crippen molar-refractivity contribution in [2.24, 2.45) is 0 Å². The van der Waals surface area contributed by atoms with E-state index in [0.29, 0.717) is 11.3 Å². The second kappa shape index (κ2) is 7.04. The monoisotopic (exact) mass is 350 g/mol. The van der Waals surface area contributed by atoms with Crippen molar-refractivity contribution in [3.05, 3.63) is 64.4 Å². The van der Waals surface area contributed by atoms with E-state index < -0.39 is 6.10 Å². The van der Waals surface area contributed by atoms with E-state index in [4.69, 9.17) is 4.74 Å². The van der Waals surface area contributed by atoms with Crippen LogP contribution in [0.5, 0.6) is 5.75 Å². The predicted molar refractivity (Wildman–Crippen MR) is 104 cm³/mol. The topological polar surface area (TPSA) is 62.4 Å². The summed E-state index contributed by atoms with van der Waals surface area (Å²) in [5.74, 6) is 0.421. The summed E-state index contributed by atoms with van der Waals surface area (Å²) >= 11 is 0. The summed E-state index contributed by atoms with van der Waals surface area (Å²) in [5, 5.41) is 0.929. The van der Waals surface area contributed by atoms with Gasteiger partial charge in [0.25, 0.3) is 5.91 Å². The molecule has 0 saturated heterocycles. The highest BCUT2D eigenvalue weighted by atomic mass is 16.5. The van der Waals surface area contributed by atoms with Gasteiger partial charge in [0.2, 0.25) is 5.56 Å². The number of nitrogens with one attached hydrogen (secondary N) is 1. The number of aromatic nitrogens is 1. The number of hydrogen-bond acceptors (Lipinski definition) is 3. The lowest BCUT2D eigenvalue weighted by Gasteiger charge is -2.18. The van der Waals surface area contributed by atoms with E-state index in [2.05, 4.69) is 4.98 Å². The van der Waals surface area contributed by atoms with Gasteiger partial charge in [0.1, 0.15) is 5.75 Å². The van der Waals surface area contributed by atoms with Crippen molar-refractivity contribution in [3.63, 3.8) is 0 Å². The van der Waals surface area contributed by atoms with Gasteiger partial charge in [-0.25, -0.2) is 0 Å². The Balaban J connectivity index is 2.05. The molecule has 0 aliphatic rings. The predicted octanol–water partition coefficient (Wildman–Crippen LogP) is 3.36. The molecule has 5 nitrogen and oxygen atoms in total. The number of carbonyl (C=O) groups is 1. The van der Waals surface area contributed by atoms with Crippen molar-refractivity contribution in [2.75, 3.05) is 14.1 Å². The first kappa shape index (κ1) is 17.7. The molecule has 1 aromatic heterocycles. The van der Waals surface area contributed by atoms with Crippen molar-refractivity contribution in [3.8, 4) is 16.9 Å². The fourth-order valence-electron chi connectivity index (χ4n) is 3.03. The van der Waals surface area contributed by atoms with Gasteiger partial charge in [0.15, 0.2) is 6.10 Å². The quantitative estimate of drug-likeness (QED) is 0.785. The first-order chi connectivity index (χ1) is 12.4. The van der Waals surface area contributed by atoms with Crippen LogP contribution in [0.1, 0.15) is 12.5 Å². The summed E-state index contributed by atoms with van der Waals surface area (Å²) < 4.78 is 5.74. The minimum atomic E-state index is -0.603. The van der Waals surface area contributed by atoms with E-state index in [0.717, 1.165) is 22.1 Å². The Morgan fingerprint density at radius 1 is 1.08 bits per heavy atom. The lowest BCUT2D eigenvalue weighted by atomic mass is 9.97. The van der Waals surface area contributed by atoms with Crippen molar-refractivity contribution in [1.82, 2.24) is 9.88 Å². The molecule has 3 rings (SSSR count). The van der Waals surface area contributed by atoms with Crippen LogP contribution in [0.2, 0.25) is 0 Å². The first-order valence-corrected chi connectivity index (χ1v) is 8.47. The summed E-state index contributed by atoms with van der Waals surface area (Å²) in [7, 11) is 3.38. The third kappa shape index (κ3) is 3.47. The van der Waals surface area contributed by atoms with E-state index in [1.807, 2.05) is 43.3 Å². The van der Waals surface area contributed by atoms with E-state index in [-0.39, 0.29) is 11.5 Å². The molecule has 26 heavy (non-hydrogen) atoms. The molecule has 1 heterocycles. The Kier molecular flexibility index (Phi) is 4.80. The summed E-state index contributed by atoms with van der Waals surface area (Å²) in [4.78, 5) is 28.5. The second-order valence-corrected chi connectivity index (χ2v) is 6.56. The van der Waals surface area contributed by atoms with Crippen LogP contribution in [0.3, 0.4) is 0 Å². The molecule has 5 heteroatoms. The number of carbonyl (C=O) groups excluding carboxylic acids is 1. The van der Waals surface area contributed by atoms with Crippen LogP contribution in [-0.2, 0) is 4.79 Å². The first-order valence-electron chi connectivity index (χ1n) is 8.47. The zero-order chi connectivity index (χ0) is 18.8. The van der Waals surface area contributed by atoms with Gasteiger partial charge < -0.3 is 14.6 Å². The fourth-order valence-corrected chi connectivity index (χ4v) is 3.03. The maximum Gasteiger partial charge on any atom is 0.262 e. The van der Waals surface area contributed by atoms with E-state index >= 15 is 0 Å². The number of nitrogens with zero attached hydrogens (tertiary/aromatic N) is 1. The number of pyridine rings is 1. The Morgan fingerprint density at radius 2 is 1.81 bits per heavy atom. The Bertz CT molecular complexity index is 1020. The number of benzene rings is 2. The molecule has 1 amide bonds. The molecule has 2 aromatic carbocycles. The van der Waals surface area contributed by atoms with Crippen LogP contribution in [0.4, 0.5) is 0 Å². The molecule has 0 aliphatic heterocycles. The summed E-state index contributed by atoms with van der Waals surface area (Å²) in [5.41, 5.74) is 3.51. The van der Waals surface area contributed by atoms with Gasteiger partial charge in [0, 0.05) is 31.6 Å². The van der Waals surface area contributed by atoms with Gasteiger partial charge in [-0.05, 0) is 42.7 Å². The molecule has 0 spiro atoms. The zero-order valence-corrected chi connectivity index (χ0v) is 15.4.